The van der Waals surface area contributed by atoms with E-state index in [1.54, 1.807) is 24.7 Å². The summed E-state index contributed by atoms with van der Waals surface area (Å²) in [5.41, 5.74) is 0.596. The number of alkyl halides is 3. The van der Waals surface area contributed by atoms with Gasteiger partial charge in [0.15, 0.2) is 12.0 Å². The molecule has 1 fully saturated rings. The predicted octanol–water partition coefficient (Wildman–Crippen LogP) is 5.77. The summed E-state index contributed by atoms with van der Waals surface area (Å²) in [7, 11) is 0. The van der Waals surface area contributed by atoms with Crippen molar-refractivity contribution in [2.75, 3.05) is 38.5 Å². The molecular weight excluding hydrogens is 437 g/mol. The minimum absolute atomic E-state index is 0.304. The fraction of sp³-hybridized carbons (Fsp3) is 0.417. The van der Waals surface area contributed by atoms with Gasteiger partial charge < -0.3 is 14.4 Å². The number of nitrogens with zero attached hydrogens (tertiary/aromatic N) is 2. The maximum Gasteiger partial charge on any atom is 0.417 e. The molecule has 0 aromatic heterocycles. The molecule has 2 heterocycles. The van der Waals surface area contributed by atoms with Crippen LogP contribution in [0.5, 0.6) is 0 Å². The van der Waals surface area contributed by atoms with Crippen LogP contribution in [0, 0.1) is 0 Å². The van der Waals surface area contributed by atoms with Gasteiger partial charge in [-0.05, 0) is 49.3 Å². The van der Waals surface area contributed by atoms with E-state index in [1.807, 2.05) is 6.08 Å². The van der Waals surface area contributed by atoms with Crippen molar-refractivity contribution in [1.29, 1.82) is 0 Å². The maximum absolute atomic E-state index is 13.1. The Hall–Kier alpha value is -2.32. The Morgan fingerprint density at radius 1 is 1.00 bits per heavy atom. The third-order valence-electron chi connectivity index (χ3n) is 5.66. The van der Waals surface area contributed by atoms with Crippen LogP contribution in [0.4, 0.5) is 13.2 Å². The summed E-state index contributed by atoms with van der Waals surface area (Å²) in [6, 6.07) is 5.79. The predicted molar refractivity (Wildman–Crippen MR) is 120 cm³/mol. The van der Waals surface area contributed by atoms with Crippen molar-refractivity contribution in [3.05, 3.63) is 77.8 Å². The van der Waals surface area contributed by atoms with Gasteiger partial charge in [-0.25, -0.2) is 0 Å². The number of ether oxygens (including phenoxy) is 2. The number of hydrogen-bond donors (Lipinski definition) is 0. The molecule has 0 radical (unpaired) electrons. The third kappa shape index (κ3) is 5.92. The number of thioether (sulfide) groups is 1. The Kier molecular flexibility index (Phi) is 7.52. The van der Waals surface area contributed by atoms with E-state index >= 15 is 0 Å². The monoisotopic (exact) mass is 464 g/mol. The van der Waals surface area contributed by atoms with Crippen LogP contribution in [0.15, 0.2) is 77.1 Å². The van der Waals surface area contributed by atoms with Gasteiger partial charge in [0.1, 0.15) is 6.26 Å². The van der Waals surface area contributed by atoms with E-state index in [1.165, 1.54) is 17.8 Å². The van der Waals surface area contributed by atoms with Crippen LogP contribution in [-0.2, 0) is 15.7 Å². The number of halogens is 3. The summed E-state index contributed by atoms with van der Waals surface area (Å²) in [5.74, 6) is 2.15. The molecule has 0 N–H and O–H groups in total. The first-order valence-corrected chi connectivity index (χ1v) is 11.9. The van der Waals surface area contributed by atoms with Crippen molar-refractivity contribution in [2.45, 2.75) is 30.3 Å². The molecule has 3 aliphatic rings. The van der Waals surface area contributed by atoms with Gasteiger partial charge in [0.2, 0.25) is 5.88 Å². The van der Waals surface area contributed by atoms with Crippen molar-refractivity contribution in [3.8, 4) is 0 Å². The van der Waals surface area contributed by atoms with Crippen LogP contribution in [0.3, 0.4) is 0 Å². The van der Waals surface area contributed by atoms with Crippen molar-refractivity contribution in [3.63, 3.8) is 0 Å². The fourth-order valence-electron chi connectivity index (χ4n) is 3.88. The Bertz CT molecular complexity index is 916. The third-order valence-corrected chi connectivity index (χ3v) is 6.82. The van der Waals surface area contributed by atoms with Gasteiger partial charge in [0.05, 0.1) is 5.56 Å². The topological polar surface area (TPSA) is 24.9 Å². The molecule has 1 saturated heterocycles. The Morgan fingerprint density at radius 2 is 1.81 bits per heavy atom. The number of allylic oxidation sites excluding steroid dienone is 4. The Balaban J connectivity index is 1.17. The molecule has 4 nitrogen and oxygen atoms in total. The van der Waals surface area contributed by atoms with E-state index in [4.69, 9.17) is 9.47 Å². The average molecular weight is 465 g/mol. The van der Waals surface area contributed by atoms with Crippen LogP contribution in [0.1, 0.15) is 24.8 Å². The number of piperazine rings is 1. The van der Waals surface area contributed by atoms with Gasteiger partial charge in [0, 0.05) is 31.1 Å². The molecule has 1 aromatic carbocycles. The minimum atomic E-state index is -4.31. The van der Waals surface area contributed by atoms with Crippen LogP contribution in [0.25, 0.3) is 0 Å². The fourth-order valence-corrected chi connectivity index (χ4v) is 4.89. The molecule has 1 aromatic rings. The summed E-state index contributed by atoms with van der Waals surface area (Å²) in [6.07, 6.45) is 8.09. The summed E-state index contributed by atoms with van der Waals surface area (Å²) < 4.78 is 50.9. The van der Waals surface area contributed by atoms with Crippen LogP contribution < -0.4 is 0 Å². The highest BCUT2D eigenvalue weighted by molar-refractivity contribution is 7.99. The molecule has 1 aliphatic carbocycles. The molecule has 0 unspecified atom stereocenters. The smallest absolute Gasteiger partial charge is 0.417 e. The van der Waals surface area contributed by atoms with Crippen molar-refractivity contribution in [2.24, 2.45) is 0 Å². The van der Waals surface area contributed by atoms with E-state index in [0.717, 1.165) is 75.3 Å². The number of benzene rings is 1. The second kappa shape index (κ2) is 10.5. The first-order chi connectivity index (χ1) is 15.5. The number of hydrogen-bond acceptors (Lipinski definition) is 5. The lowest BCUT2D eigenvalue weighted by Gasteiger charge is -2.36. The van der Waals surface area contributed by atoms with Crippen molar-refractivity contribution < 1.29 is 22.6 Å². The zero-order chi connectivity index (χ0) is 22.4. The number of rotatable bonds is 7. The van der Waals surface area contributed by atoms with Crippen molar-refractivity contribution in [1.82, 2.24) is 9.80 Å². The highest BCUT2D eigenvalue weighted by Crippen LogP contribution is 2.36. The normalized spacial score (nSPS) is 19.6. The summed E-state index contributed by atoms with van der Waals surface area (Å²) in [5, 5.41) is 0. The van der Waals surface area contributed by atoms with Crippen LogP contribution >= 0.6 is 11.8 Å². The van der Waals surface area contributed by atoms with Gasteiger partial charge in [-0.3, -0.25) is 4.90 Å². The lowest BCUT2D eigenvalue weighted by molar-refractivity contribution is -0.139. The highest BCUT2D eigenvalue weighted by Gasteiger charge is 2.33. The first kappa shape index (κ1) is 22.9. The van der Waals surface area contributed by atoms with E-state index in [2.05, 4.69) is 22.0 Å². The van der Waals surface area contributed by atoms with E-state index in [9.17, 15) is 13.2 Å². The molecule has 8 heteroatoms. The molecule has 172 valence electrons. The van der Waals surface area contributed by atoms with Gasteiger partial charge >= 0.3 is 6.18 Å². The Morgan fingerprint density at radius 3 is 2.50 bits per heavy atom. The molecule has 0 amide bonds. The lowest BCUT2D eigenvalue weighted by atomic mass is 10.0. The van der Waals surface area contributed by atoms with Gasteiger partial charge in [-0.1, -0.05) is 30.4 Å². The SMILES string of the molecule is FC(F)(F)c1ccccc1SCCCN1CCN(C2=COC(C3=CC=CCC3)=CO2)CC1. The molecule has 0 bridgehead atoms. The van der Waals surface area contributed by atoms with Gasteiger partial charge in [0.25, 0.3) is 0 Å². The standard InChI is InChI=1S/C24H27F3N2O2S/c25-24(26,27)20-9-4-5-10-22(20)32-16-6-11-28-12-14-29(15-13-28)23-18-30-21(17-31-23)19-7-2-1-3-8-19/h1-2,4-5,7,9-10,17-18H,3,6,8,11-16H2. The molecule has 32 heavy (non-hydrogen) atoms. The summed E-state index contributed by atoms with van der Waals surface area (Å²) in [4.78, 5) is 4.81. The molecular formula is C24H27F3N2O2S. The summed E-state index contributed by atoms with van der Waals surface area (Å²) >= 11 is 1.28. The van der Waals surface area contributed by atoms with E-state index in [-0.39, 0.29) is 0 Å². The zero-order valence-corrected chi connectivity index (χ0v) is 18.6. The maximum atomic E-state index is 13.1. The first-order valence-electron chi connectivity index (χ1n) is 10.9. The van der Waals surface area contributed by atoms with E-state index in [0.29, 0.717) is 10.6 Å². The van der Waals surface area contributed by atoms with E-state index < -0.39 is 11.7 Å². The second-order valence-electron chi connectivity index (χ2n) is 7.86. The molecule has 0 spiro atoms. The largest absolute Gasteiger partial charge is 0.456 e. The molecule has 4 rings (SSSR count). The average Bonchev–Trinajstić information content (AvgIpc) is 2.83. The second-order valence-corrected chi connectivity index (χ2v) is 8.99. The molecule has 0 saturated carbocycles. The van der Waals surface area contributed by atoms with Gasteiger partial charge in [-0.2, -0.15) is 13.2 Å². The Labute approximate surface area is 191 Å². The van der Waals surface area contributed by atoms with Crippen molar-refractivity contribution >= 4 is 11.8 Å². The van der Waals surface area contributed by atoms with Crippen LogP contribution in [-0.4, -0.2) is 48.3 Å². The van der Waals surface area contributed by atoms with Crippen LogP contribution in [0.2, 0.25) is 0 Å². The highest BCUT2D eigenvalue weighted by atomic mass is 32.2. The lowest BCUT2D eigenvalue weighted by Crippen LogP contribution is -2.46. The zero-order valence-electron chi connectivity index (χ0n) is 17.8. The summed E-state index contributed by atoms with van der Waals surface area (Å²) in [6.45, 7) is 4.30. The molecule has 2 aliphatic heterocycles. The molecule has 0 atom stereocenters. The quantitative estimate of drug-likeness (QED) is 0.377. The minimum Gasteiger partial charge on any atom is -0.456 e. The van der Waals surface area contributed by atoms with Gasteiger partial charge in [-0.15, -0.1) is 11.8 Å².